The fraction of sp³-hybridized carbons (Fsp3) is 0.467. The van der Waals surface area contributed by atoms with Crippen molar-refractivity contribution in [3.8, 4) is 11.5 Å². The van der Waals surface area contributed by atoms with Gasteiger partial charge in [0.25, 0.3) is 5.56 Å². The molecule has 40 heavy (non-hydrogen) atoms. The molecule has 212 valence electrons. The largest absolute Gasteiger partial charge is 0.493 e. The highest BCUT2D eigenvalue weighted by molar-refractivity contribution is 5.81. The van der Waals surface area contributed by atoms with Gasteiger partial charge in [-0.05, 0) is 77.7 Å². The summed E-state index contributed by atoms with van der Waals surface area (Å²) in [5.74, 6) is 2.18. The minimum atomic E-state index is -0.0934. The standard InChI is InChI=1S/C30H38N6O4/c1-5-25(29-32-33-34-36(29)19-24-10-7-15-40-24)35(14-13-21-11-12-26(38-3)27(16-21)39-4)18-23-17-22-9-6-8-20(2)28(22)31-30(23)37/h6,8-9,11-12,16-17,24-25H,5,7,10,13-15,18-19H2,1-4H3,(H,31,37). The number of benzene rings is 2. The molecule has 3 heterocycles. The third-order valence-electron chi connectivity index (χ3n) is 7.76. The molecule has 5 rings (SSSR count). The van der Waals surface area contributed by atoms with E-state index in [2.05, 4.69) is 32.3 Å². The molecule has 2 unspecified atom stereocenters. The van der Waals surface area contributed by atoms with Gasteiger partial charge in [-0.25, -0.2) is 4.68 Å². The van der Waals surface area contributed by atoms with Crippen LogP contribution in [0.5, 0.6) is 11.5 Å². The van der Waals surface area contributed by atoms with Crippen molar-refractivity contribution in [2.75, 3.05) is 27.4 Å². The van der Waals surface area contributed by atoms with Crippen LogP contribution in [0.3, 0.4) is 0 Å². The summed E-state index contributed by atoms with van der Waals surface area (Å²) in [6, 6.07) is 14.0. The molecular formula is C30H38N6O4. The quantitative estimate of drug-likeness (QED) is 0.282. The number of H-pyrrole nitrogens is 1. The molecule has 0 aliphatic carbocycles. The summed E-state index contributed by atoms with van der Waals surface area (Å²) in [6.45, 7) is 6.69. The Morgan fingerprint density at radius 2 is 2.02 bits per heavy atom. The van der Waals surface area contributed by atoms with E-state index in [1.807, 2.05) is 54.1 Å². The van der Waals surface area contributed by atoms with Crippen LogP contribution in [-0.4, -0.2) is 63.6 Å². The first-order valence-corrected chi connectivity index (χ1v) is 13.9. The molecule has 1 aliphatic rings. The number of hydrogen-bond donors (Lipinski definition) is 1. The molecule has 0 amide bonds. The maximum Gasteiger partial charge on any atom is 0.252 e. The molecule has 1 N–H and O–H groups in total. The summed E-state index contributed by atoms with van der Waals surface area (Å²) in [7, 11) is 3.27. The average Bonchev–Trinajstić information content (AvgIpc) is 3.65. The SMILES string of the molecule is CCC(c1nnnn1CC1CCCO1)N(CCc1ccc(OC)c(OC)c1)Cc1cc2cccc(C)c2[nH]c1=O. The fourth-order valence-electron chi connectivity index (χ4n) is 5.58. The topological polar surface area (TPSA) is 107 Å². The van der Waals surface area contributed by atoms with E-state index in [0.717, 1.165) is 60.1 Å². The van der Waals surface area contributed by atoms with E-state index in [-0.39, 0.29) is 17.7 Å². The molecule has 1 fully saturated rings. The minimum absolute atomic E-state index is 0.0771. The summed E-state index contributed by atoms with van der Waals surface area (Å²) < 4.78 is 18.7. The fourth-order valence-corrected chi connectivity index (χ4v) is 5.58. The van der Waals surface area contributed by atoms with Gasteiger partial charge in [0.2, 0.25) is 0 Å². The third kappa shape index (κ3) is 6.03. The van der Waals surface area contributed by atoms with E-state index in [4.69, 9.17) is 14.2 Å². The van der Waals surface area contributed by atoms with Gasteiger partial charge < -0.3 is 19.2 Å². The number of fused-ring (bicyclic) bond motifs is 1. The maximum atomic E-state index is 13.3. The summed E-state index contributed by atoms with van der Waals surface area (Å²) in [5.41, 5.74) is 3.67. The van der Waals surface area contributed by atoms with Gasteiger partial charge in [-0.15, -0.1) is 5.10 Å². The molecule has 10 heteroatoms. The summed E-state index contributed by atoms with van der Waals surface area (Å²) in [4.78, 5) is 18.7. The van der Waals surface area contributed by atoms with E-state index < -0.39 is 0 Å². The molecule has 10 nitrogen and oxygen atoms in total. The van der Waals surface area contributed by atoms with Crippen molar-refractivity contribution in [1.29, 1.82) is 0 Å². The molecule has 0 radical (unpaired) electrons. The summed E-state index contributed by atoms with van der Waals surface area (Å²) >= 11 is 0. The Balaban J connectivity index is 1.47. The van der Waals surface area contributed by atoms with Crippen molar-refractivity contribution in [1.82, 2.24) is 30.1 Å². The van der Waals surface area contributed by atoms with Gasteiger partial charge in [-0.1, -0.05) is 31.2 Å². The molecule has 0 bridgehead atoms. The lowest BCUT2D eigenvalue weighted by Gasteiger charge is -2.30. The highest BCUT2D eigenvalue weighted by atomic mass is 16.5. The van der Waals surface area contributed by atoms with E-state index in [9.17, 15) is 4.79 Å². The van der Waals surface area contributed by atoms with Gasteiger partial charge in [0, 0.05) is 25.3 Å². The second-order valence-electron chi connectivity index (χ2n) is 10.4. The Labute approximate surface area is 234 Å². The van der Waals surface area contributed by atoms with E-state index in [1.165, 1.54) is 0 Å². The molecule has 4 aromatic rings. The number of aryl methyl sites for hydroxylation is 1. The van der Waals surface area contributed by atoms with Crippen molar-refractivity contribution in [3.05, 3.63) is 75.3 Å². The second kappa shape index (κ2) is 12.6. The monoisotopic (exact) mass is 546 g/mol. The summed E-state index contributed by atoms with van der Waals surface area (Å²) in [5, 5.41) is 13.8. The van der Waals surface area contributed by atoms with Gasteiger partial charge in [-0.3, -0.25) is 9.69 Å². The van der Waals surface area contributed by atoms with E-state index in [0.29, 0.717) is 36.7 Å². The van der Waals surface area contributed by atoms with Crippen LogP contribution in [0.1, 0.15) is 54.7 Å². The first kappa shape index (κ1) is 27.8. The lowest BCUT2D eigenvalue weighted by molar-refractivity contribution is 0.0893. The number of aromatic amines is 1. The smallest absolute Gasteiger partial charge is 0.252 e. The van der Waals surface area contributed by atoms with Gasteiger partial charge in [0.05, 0.1) is 38.4 Å². The molecule has 0 spiro atoms. The van der Waals surface area contributed by atoms with E-state index >= 15 is 0 Å². The minimum Gasteiger partial charge on any atom is -0.493 e. The van der Waals surface area contributed by atoms with Crippen LogP contribution in [0.15, 0.2) is 47.3 Å². The normalized spacial score (nSPS) is 16.1. The Morgan fingerprint density at radius 1 is 1.18 bits per heavy atom. The molecule has 1 aliphatic heterocycles. The van der Waals surface area contributed by atoms with Crippen LogP contribution in [0.25, 0.3) is 10.9 Å². The number of methoxy groups -OCH3 is 2. The van der Waals surface area contributed by atoms with Crippen molar-refractivity contribution < 1.29 is 14.2 Å². The summed E-state index contributed by atoms with van der Waals surface area (Å²) in [6.07, 6.45) is 3.70. The lowest BCUT2D eigenvalue weighted by Crippen LogP contribution is -2.34. The number of tetrazole rings is 1. The van der Waals surface area contributed by atoms with Gasteiger partial charge in [0.1, 0.15) is 0 Å². The number of nitrogens with zero attached hydrogens (tertiary/aromatic N) is 5. The number of hydrogen-bond acceptors (Lipinski definition) is 8. The Kier molecular flexibility index (Phi) is 8.76. The zero-order valence-corrected chi connectivity index (χ0v) is 23.7. The Hall–Kier alpha value is -3.76. The molecule has 0 saturated carbocycles. The van der Waals surface area contributed by atoms with Crippen molar-refractivity contribution in [3.63, 3.8) is 0 Å². The van der Waals surface area contributed by atoms with Gasteiger partial charge in [-0.2, -0.15) is 0 Å². The first-order chi connectivity index (χ1) is 19.5. The lowest BCUT2D eigenvalue weighted by atomic mass is 10.1. The number of ether oxygens (including phenoxy) is 3. The predicted octanol–water partition coefficient (Wildman–Crippen LogP) is 4.22. The van der Waals surface area contributed by atoms with Crippen molar-refractivity contribution in [2.45, 2.75) is 64.8 Å². The van der Waals surface area contributed by atoms with Gasteiger partial charge >= 0.3 is 0 Å². The predicted molar refractivity (Wildman–Crippen MR) is 153 cm³/mol. The van der Waals surface area contributed by atoms with Crippen LogP contribution in [0.2, 0.25) is 0 Å². The van der Waals surface area contributed by atoms with E-state index in [1.54, 1.807) is 14.2 Å². The highest BCUT2D eigenvalue weighted by Gasteiger charge is 2.28. The number of pyridine rings is 1. The average molecular weight is 547 g/mol. The number of para-hydroxylation sites is 1. The van der Waals surface area contributed by atoms with Gasteiger partial charge in [0.15, 0.2) is 17.3 Å². The molecular weight excluding hydrogens is 508 g/mol. The zero-order chi connectivity index (χ0) is 28.1. The van der Waals surface area contributed by atoms with Crippen LogP contribution in [0, 0.1) is 6.92 Å². The third-order valence-corrected chi connectivity index (χ3v) is 7.76. The van der Waals surface area contributed by atoms with Crippen LogP contribution >= 0.6 is 0 Å². The van der Waals surface area contributed by atoms with Crippen molar-refractivity contribution >= 4 is 10.9 Å². The van der Waals surface area contributed by atoms with Crippen LogP contribution in [-0.2, 0) is 24.2 Å². The number of aromatic nitrogens is 5. The number of nitrogens with one attached hydrogen (secondary N) is 1. The molecule has 2 aromatic heterocycles. The van der Waals surface area contributed by atoms with Crippen LogP contribution < -0.4 is 15.0 Å². The van der Waals surface area contributed by atoms with Crippen molar-refractivity contribution in [2.24, 2.45) is 0 Å². The number of rotatable bonds is 12. The first-order valence-electron chi connectivity index (χ1n) is 13.9. The highest BCUT2D eigenvalue weighted by Crippen LogP contribution is 2.30. The molecule has 2 atom stereocenters. The second-order valence-corrected chi connectivity index (χ2v) is 10.4. The zero-order valence-electron chi connectivity index (χ0n) is 23.7. The molecule has 1 saturated heterocycles. The Bertz CT molecular complexity index is 1490. The molecule has 2 aromatic carbocycles. The maximum absolute atomic E-state index is 13.3. The Morgan fingerprint density at radius 3 is 2.77 bits per heavy atom. The van der Waals surface area contributed by atoms with Crippen LogP contribution in [0.4, 0.5) is 0 Å².